The molecule has 0 fully saturated rings. The first-order chi connectivity index (χ1) is 9.81. The van der Waals surface area contributed by atoms with Gasteiger partial charge in [-0.1, -0.05) is 24.3 Å². The smallest absolute Gasteiger partial charge is 0.254 e. The molecular formula is C16H17N3O. The van der Waals surface area contributed by atoms with E-state index in [9.17, 15) is 4.79 Å². The van der Waals surface area contributed by atoms with E-state index in [1.54, 1.807) is 0 Å². The highest BCUT2D eigenvalue weighted by Gasteiger charge is 2.26. The van der Waals surface area contributed by atoms with Gasteiger partial charge in [-0.15, -0.1) is 0 Å². The molecule has 1 aromatic heterocycles. The van der Waals surface area contributed by atoms with Crippen molar-refractivity contribution in [3.63, 3.8) is 0 Å². The lowest BCUT2D eigenvalue weighted by molar-refractivity contribution is 0.593. The molecule has 2 aliphatic rings. The summed E-state index contributed by atoms with van der Waals surface area (Å²) < 4.78 is 0. The predicted octanol–water partition coefficient (Wildman–Crippen LogP) is 1.30. The number of rotatable bonds is 1. The number of hydrogen-bond acceptors (Lipinski definition) is 3. The fourth-order valence-corrected chi connectivity index (χ4v) is 3.33. The fraction of sp³-hybridized carbons (Fsp3) is 0.375. The Labute approximate surface area is 117 Å². The van der Waals surface area contributed by atoms with Crippen LogP contribution in [0.15, 0.2) is 29.1 Å². The van der Waals surface area contributed by atoms with Crippen LogP contribution in [-0.4, -0.2) is 16.5 Å². The summed E-state index contributed by atoms with van der Waals surface area (Å²) in [5, 5.41) is 3.29. The van der Waals surface area contributed by atoms with Gasteiger partial charge < -0.3 is 10.3 Å². The van der Waals surface area contributed by atoms with Crippen LogP contribution in [0.25, 0.3) is 0 Å². The Bertz CT molecular complexity index is 695. The number of nitrogens with one attached hydrogen (secondary N) is 2. The standard InChI is InChI=1S/C16H17N3O/c20-16-13-5-6-17-9-14(13)18-15(19-16)12-7-10-3-1-2-4-11(10)8-12/h1-4,12,17H,5-9H2,(H,18,19,20). The second kappa shape index (κ2) is 4.56. The maximum absolute atomic E-state index is 12.2. The van der Waals surface area contributed by atoms with Gasteiger partial charge in [-0.3, -0.25) is 4.79 Å². The van der Waals surface area contributed by atoms with Crippen LogP contribution in [0.1, 0.15) is 34.1 Å². The molecule has 20 heavy (non-hydrogen) atoms. The molecule has 1 aromatic carbocycles. The molecule has 0 saturated heterocycles. The third kappa shape index (κ3) is 1.88. The van der Waals surface area contributed by atoms with Crippen LogP contribution in [-0.2, 0) is 25.8 Å². The molecule has 0 atom stereocenters. The van der Waals surface area contributed by atoms with Crippen LogP contribution in [0.2, 0.25) is 0 Å². The number of fused-ring (bicyclic) bond motifs is 2. The molecule has 102 valence electrons. The maximum Gasteiger partial charge on any atom is 0.254 e. The topological polar surface area (TPSA) is 57.8 Å². The van der Waals surface area contributed by atoms with E-state index in [0.29, 0.717) is 12.5 Å². The molecular weight excluding hydrogens is 250 g/mol. The Kier molecular flexibility index (Phi) is 2.70. The van der Waals surface area contributed by atoms with Crippen molar-refractivity contribution in [1.29, 1.82) is 0 Å². The number of hydrogen-bond donors (Lipinski definition) is 2. The van der Waals surface area contributed by atoms with Crippen LogP contribution < -0.4 is 10.9 Å². The molecule has 0 saturated carbocycles. The molecule has 2 N–H and O–H groups in total. The van der Waals surface area contributed by atoms with Gasteiger partial charge in [0, 0.05) is 18.0 Å². The van der Waals surface area contributed by atoms with Gasteiger partial charge in [-0.25, -0.2) is 4.98 Å². The zero-order valence-corrected chi connectivity index (χ0v) is 11.3. The van der Waals surface area contributed by atoms with Crippen molar-refractivity contribution in [1.82, 2.24) is 15.3 Å². The molecule has 1 aliphatic carbocycles. The summed E-state index contributed by atoms with van der Waals surface area (Å²) >= 11 is 0. The molecule has 0 radical (unpaired) electrons. The van der Waals surface area contributed by atoms with Gasteiger partial charge in [0.15, 0.2) is 0 Å². The Hall–Kier alpha value is -1.94. The van der Waals surface area contributed by atoms with E-state index in [1.165, 1.54) is 11.1 Å². The monoisotopic (exact) mass is 267 g/mol. The summed E-state index contributed by atoms with van der Waals surface area (Å²) in [4.78, 5) is 19.9. The summed E-state index contributed by atoms with van der Waals surface area (Å²) in [5.74, 6) is 1.17. The lowest BCUT2D eigenvalue weighted by Gasteiger charge is -2.17. The Morgan fingerprint density at radius 3 is 2.65 bits per heavy atom. The predicted molar refractivity (Wildman–Crippen MR) is 76.9 cm³/mol. The van der Waals surface area contributed by atoms with Crippen LogP contribution in [0.4, 0.5) is 0 Å². The molecule has 0 spiro atoms. The van der Waals surface area contributed by atoms with Crippen LogP contribution in [0.5, 0.6) is 0 Å². The second-order valence-corrected chi connectivity index (χ2v) is 5.68. The van der Waals surface area contributed by atoms with Crippen molar-refractivity contribution in [3.8, 4) is 0 Å². The summed E-state index contributed by atoms with van der Waals surface area (Å²) in [6, 6.07) is 8.50. The summed E-state index contributed by atoms with van der Waals surface area (Å²) in [6.45, 7) is 1.58. The summed E-state index contributed by atoms with van der Waals surface area (Å²) in [6.07, 6.45) is 2.74. The van der Waals surface area contributed by atoms with E-state index in [1.807, 2.05) is 0 Å². The van der Waals surface area contributed by atoms with Crippen molar-refractivity contribution in [2.75, 3.05) is 6.54 Å². The summed E-state index contributed by atoms with van der Waals surface area (Å²) in [5.41, 5.74) is 4.63. The highest BCUT2D eigenvalue weighted by molar-refractivity contribution is 5.35. The molecule has 4 rings (SSSR count). The second-order valence-electron chi connectivity index (χ2n) is 5.68. The van der Waals surface area contributed by atoms with Crippen molar-refractivity contribution >= 4 is 0 Å². The maximum atomic E-state index is 12.2. The number of nitrogens with zero attached hydrogens (tertiary/aromatic N) is 1. The van der Waals surface area contributed by atoms with Gasteiger partial charge in [0.2, 0.25) is 0 Å². The highest BCUT2D eigenvalue weighted by Crippen LogP contribution is 2.32. The average Bonchev–Trinajstić information content (AvgIpc) is 2.91. The van der Waals surface area contributed by atoms with E-state index >= 15 is 0 Å². The van der Waals surface area contributed by atoms with Crippen LogP contribution in [0.3, 0.4) is 0 Å². The Balaban J connectivity index is 1.71. The van der Waals surface area contributed by atoms with Gasteiger partial charge in [-0.05, 0) is 36.9 Å². The minimum atomic E-state index is 0.0578. The SMILES string of the molecule is O=c1[nH]c(C2Cc3ccccc3C2)nc2c1CCNC2. The van der Waals surface area contributed by atoms with Crippen molar-refractivity contribution < 1.29 is 0 Å². The first-order valence-corrected chi connectivity index (χ1v) is 7.21. The number of H-pyrrole nitrogens is 1. The third-order valence-electron chi connectivity index (χ3n) is 4.40. The number of benzene rings is 1. The molecule has 2 heterocycles. The molecule has 4 heteroatoms. The molecule has 0 bridgehead atoms. The molecule has 0 amide bonds. The number of aromatic amines is 1. The lowest BCUT2D eigenvalue weighted by Crippen LogP contribution is -2.32. The minimum absolute atomic E-state index is 0.0578. The normalized spacial score (nSPS) is 17.8. The molecule has 2 aromatic rings. The average molecular weight is 267 g/mol. The quantitative estimate of drug-likeness (QED) is 0.819. The zero-order chi connectivity index (χ0) is 13.5. The Morgan fingerprint density at radius 2 is 1.90 bits per heavy atom. The highest BCUT2D eigenvalue weighted by atomic mass is 16.1. The van der Waals surface area contributed by atoms with Gasteiger partial charge in [0.1, 0.15) is 5.82 Å². The van der Waals surface area contributed by atoms with Crippen molar-refractivity contribution in [3.05, 3.63) is 62.8 Å². The van der Waals surface area contributed by atoms with Gasteiger partial charge in [0.25, 0.3) is 5.56 Å². The molecule has 1 aliphatic heterocycles. The zero-order valence-electron chi connectivity index (χ0n) is 11.3. The van der Waals surface area contributed by atoms with Gasteiger partial charge >= 0.3 is 0 Å². The van der Waals surface area contributed by atoms with Crippen LogP contribution in [0, 0.1) is 0 Å². The van der Waals surface area contributed by atoms with Crippen LogP contribution >= 0.6 is 0 Å². The molecule has 0 unspecified atom stereocenters. The largest absolute Gasteiger partial charge is 0.311 e. The fourth-order valence-electron chi connectivity index (χ4n) is 3.33. The first-order valence-electron chi connectivity index (χ1n) is 7.21. The van der Waals surface area contributed by atoms with E-state index < -0.39 is 0 Å². The van der Waals surface area contributed by atoms with Crippen molar-refractivity contribution in [2.45, 2.75) is 31.7 Å². The Morgan fingerprint density at radius 1 is 1.15 bits per heavy atom. The van der Waals surface area contributed by atoms with Gasteiger partial charge in [-0.2, -0.15) is 0 Å². The number of aromatic nitrogens is 2. The minimum Gasteiger partial charge on any atom is -0.311 e. The van der Waals surface area contributed by atoms with Gasteiger partial charge in [0.05, 0.1) is 5.69 Å². The van der Waals surface area contributed by atoms with E-state index in [4.69, 9.17) is 4.98 Å². The first kappa shape index (κ1) is 11.9. The van der Waals surface area contributed by atoms with E-state index in [0.717, 1.165) is 42.9 Å². The van der Waals surface area contributed by atoms with Crippen molar-refractivity contribution in [2.24, 2.45) is 0 Å². The molecule has 4 nitrogen and oxygen atoms in total. The van der Waals surface area contributed by atoms with E-state index in [2.05, 4.69) is 34.6 Å². The van der Waals surface area contributed by atoms with E-state index in [-0.39, 0.29) is 5.56 Å². The summed E-state index contributed by atoms with van der Waals surface area (Å²) in [7, 11) is 0. The lowest BCUT2D eigenvalue weighted by atomic mass is 10.0. The third-order valence-corrected chi connectivity index (χ3v) is 4.40.